The zero-order valence-corrected chi connectivity index (χ0v) is 21.5. The molecule has 1 N–H and O–H groups in total. The average molecular weight is 498 g/mol. The molecule has 0 aliphatic carbocycles. The van der Waals surface area contributed by atoms with Crippen molar-refractivity contribution in [2.75, 3.05) is 31.9 Å². The first-order valence-electron chi connectivity index (χ1n) is 13.1. The number of aryl methyl sites for hydroxylation is 1. The number of sulfonamides is 1. The van der Waals surface area contributed by atoms with Crippen LogP contribution in [-0.2, 0) is 34.3 Å². The summed E-state index contributed by atoms with van der Waals surface area (Å²) in [7, 11) is -3.35. The number of carbonyl (C=O) groups excluding carboxylic acids is 1. The van der Waals surface area contributed by atoms with Gasteiger partial charge in [0.15, 0.2) is 0 Å². The maximum Gasteiger partial charge on any atom is 0.224 e. The summed E-state index contributed by atoms with van der Waals surface area (Å²) >= 11 is 0. The van der Waals surface area contributed by atoms with E-state index < -0.39 is 10.0 Å². The summed E-state index contributed by atoms with van der Waals surface area (Å²) in [5.74, 6) is -0.211. The quantitative estimate of drug-likeness (QED) is 0.539. The molecule has 0 spiro atoms. The topological polar surface area (TPSA) is 69.7 Å². The van der Waals surface area contributed by atoms with Gasteiger partial charge in [-0.1, -0.05) is 61.0 Å². The molecule has 0 saturated carbocycles. The van der Waals surface area contributed by atoms with Gasteiger partial charge in [-0.05, 0) is 68.3 Å². The molecule has 2 saturated heterocycles. The number of likely N-dealkylation sites (tertiary alicyclic amines) is 1. The van der Waals surface area contributed by atoms with Gasteiger partial charge in [0.25, 0.3) is 0 Å². The van der Waals surface area contributed by atoms with Crippen LogP contribution in [0.3, 0.4) is 0 Å². The standard InChI is InChI=1S/C28H39N3O3S/c32-28(29-21-25-13-15-26(16-14-25)22-30-17-5-2-6-18-30)27-12-7-19-31(23-27)35(33,34)20-8-11-24-9-3-1-4-10-24/h1,3-4,9-10,13-16,27H,2,5-8,11-12,17-23H2,(H,29,32)/t27-/m0/s1. The molecule has 2 fully saturated rings. The Morgan fingerprint density at radius 2 is 1.57 bits per heavy atom. The van der Waals surface area contributed by atoms with Crippen LogP contribution in [0.1, 0.15) is 55.2 Å². The van der Waals surface area contributed by atoms with Crippen molar-refractivity contribution < 1.29 is 13.2 Å². The van der Waals surface area contributed by atoms with Gasteiger partial charge in [-0.15, -0.1) is 0 Å². The molecule has 2 aromatic carbocycles. The first-order valence-corrected chi connectivity index (χ1v) is 14.7. The Hall–Kier alpha value is -2.22. The number of benzene rings is 2. The summed E-state index contributed by atoms with van der Waals surface area (Å²) in [6.07, 6.45) is 6.71. The maximum absolute atomic E-state index is 12.9. The maximum atomic E-state index is 12.9. The Labute approximate surface area is 210 Å². The van der Waals surface area contributed by atoms with Gasteiger partial charge in [0.1, 0.15) is 0 Å². The molecule has 190 valence electrons. The van der Waals surface area contributed by atoms with Crippen LogP contribution in [0.25, 0.3) is 0 Å². The first-order chi connectivity index (χ1) is 17.0. The van der Waals surface area contributed by atoms with Crippen molar-refractivity contribution in [3.63, 3.8) is 0 Å². The summed E-state index contributed by atoms with van der Waals surface area (Å²) in [5, 5.41) is 3.04. The minimum atomic E-state index is -3.35. The SMILES string of the molecule is O=C(NCc1ccc(CN2CCCCC2)cc1)[C@H]1CCCN(S(=O)(=O)CCCc2ccccc2)C1. The van der Waals surface area contributed by atoms with E-state index in [1.54, 1.807) is 0 Å². The number of nitrogens with zero attached hydrogens (tertiary/aromatic N) is 2. The largest absolute Gasteiger partial charge is 0.352 e. The lowest BCUT2D eigenvalue weighted by Crippen LogP contribution is -2.46. The van der Waals surface area contributed by atoms with Crippen LogP contribution in [0.4, 0.5) is 0 Å². The lowest BCUT2D eigenvalue weighted by atomic mass is 9.98. The summed E-state index contributed by atoms with van der Waals surface area (Å²) < 4.78 is 27.3. The second-order valence-corrected chi connectivity index (χ2v) is 12.1. The number of hydrogen-bond acceptors (Lipinski definition) is 4. The molecule has 0 radical (unpaired) electrons. The molecular formula is C28H39N3O3S. The van der Waals surface area contributed by atoms with Crippen LogP contribution < -0.4 is 5.32 Å². The Bertz CT molecular complexity index is 1030. The second kappa shape index (κ2) is 12.7. The van der Waals surface area contributed by atoms with Gasteiger partial charge in [-0.3, -0.25) is 9.69 Å². The normalized spacial score (nSPS) is 19.9. The third kappa shape index (κ3) is 7.89. The van der Waals surface area contributed by atoms with E-state index in [1.807, 2.05) is 30.3 Å². The summed E-state index contributed by atoms with van der Waals surface area (Å²) in [4.78, 5) is 15.3. The van der Waals surface area contributed by atoms with Crippen LogP contribution in [0, 0.1) is 5.92 Å². The van der Waals surface area contributed by atoms with E-state index in [0.717, 1.165) is 36.9 Å². The third-order valence-electron chi connectivity index (χ3n) is 7.20. The molecule has 2 aliphatic rings. The van der Waals surface area contributed by atoms with Gasteiger partial charge in [0, 0.05) is 26.2 Å². The number of nitrogens with one attached hydrogen (secondary N) is 1. The fourth-order valence-electron chi connectivity index (χ4n) is 5.11. The Morgan fingerprint density at radius 1 is 0.857 bits per heavy atom. The number of rotatable bonds is 10. The molecule has 0 bridgehead atoms. The van der Waals surface area contributed by atoms with Crippen LogP contribution in [0.2, 0.25) is 0 Å². The van der Waals surface area contributed by atoms with E-state index in [-0.39, 0.29) is 24.1 Å². The second-order valence-electron chi connectivity index (χ2n) is 9.97. The fourth-order valence-corrected chi connectivity index (χ4v) is 6.69. The van der Waals surface area contributed by atoms with Crippen molar-refractivity contribution in [2.45, 2.75) is 58.0 Å². The number of amides is 1. The van der Waals surface area contributed by atoms with Crippen molar-refractivity contribution in [3.05, 3.63) is 71.3 Å². The molecule has 2 aliphatic heterocycles. The number of carbonyl (C=O) groups is 1. The van der Waals surface area contributed by atoms with E-state index in [1.165, 1.54) is 42.2 Å². The van der Waals surface area contributed by atoms with Gasteiger partial charge in [-0.25, -0.2) is 12.7 Å². The average Bonchev–Trinajstić information content (AvgIpc) is 2.89. The number of hydrogen-bond donors (Lipinski definition) is 1. The molecule has 6 nitrogen and oxygen atoms in total. The zero-order chi connectivity index (χ0) is 24.5. The molecule has 2 aromatic rings. The monoisotopic (exact) mass is 497 g/mol. The van der Waals surface area contributed by atoms with Crippen LogP contribution >= 0.6 is 0 Å². The summed E-state index contributed by atoms with van der Waals surface area (Å²) in [5.41, 5.74) is 3.53. The molecule has 0 aromatic heterocycles. The molecule has 4 rings (SSSR count). The van der Waals surface area contributed by atoms with Crippen molar-refractivity contribution >= 4 is 15.9 Å². The third-order valence-corrected chi connectivity index (χ3v) is 9.13. The minimum absolute atomic E-state index is 0.0495. The van der Waals surface area contributed by atoms with Crippen molar-refractivity contribution in [1.29, 1.82) is 0 Å². The zero-order valence-electron chi connectivity index (χ0n) is 20.7. The highest BCUT2D eigenvalue weighted by Gasteiger charge is 2.31. The molecule has 0 unspecified atom stereocenters. The predicted molar refractivity (Wildman–Crippen MR) is 140 cm³/mol. The van der Waals surface area contributed by atoms with E-state index in [4.69, 9.17) is 0 Å². The van der Waals surface area contributed by atoms with Crippen molar-refractivity contribution in [3.8, 4) is 0 Å². The lowest BCUT2D eigenvalue weighted by molar-refractivity contribution is -0.126. The Morgan fingerprint density at radius 3 is 2.31 bits per heavy atom. The highest BCUT2D eigenvalue weighted by atomic mass is 32.2. The van der Waals surface area contributed by atoms with E-state index in [2.05, 4.69) is 34.5 Å². The predicted octanol–water partition coefficient (Wildman–Crippen LogP) is 3.96. The van der Waals surface area contributed by atoms with Gasteiger partial charge in [0.05, 0.1) is 11.7 Å². The molecule has 1 amide bonds. The van der Waals surface area contributed by atoms with Crippen LogP contribution in [0.15, 0.2) is 54.6 Å². The van der Waals surface area contributed by atoms with Gasteiger partial charge >= 0.3 is 0 Å². The van der Waals surface area contributed by atoms with E-state index in [0.29, 0.717) is 19.5 Å². The molecule has 1 atom stereocenters. The molecule has 35 heavy (non-hydrogen) atoms. The van der Waals surface area contributed by atoms with Gasteiger partial charge in [-0.2, -0.15) is 0 Å². The first kappa shape index (κ1) is 25.9. The summed E-state index contributed by atoms with van der Waals surface area (Å²) in [6.45, 7) is 4.62. The molecular weight excluding hydrogens is 458 g/mol. The minimum Gasteiger partial charge on any atom is -0.352 e. The smallest absolute Gasteiger partial charge is 0.224 e. The summed E-state index contributed by atoms with van der Waals surface area (Å²) in [6, 6.07) is 18.4. The van der Waals surface area contributed by atoms with Crippen molar-refractivity contribution in [2.24, 2.45) is 5.92 Å². The van der Waals surface area contributed by atoms with Crippen LogP contribution in [0.5, 0.6) is 0 Å². The Balaban J connectivity index is 1.22. The van der Waals surface area contributed by atoms with Crippen molar-refractivity contribution in [1.82, 2.24) is 14.5 Å². The van der Waals surface area contributed by atoms with Crippen LogP contribution in [-0.4, -0.2) is 55.5 Å². The Kier molecular flexibility index (Phi) is 9.35. The van der Waals surface area contributed by atoms with E-state index >= 15 is 0 Å². The highest BCUT2D eigenvalue weighted by Crippen LogP contribution is 2.21. The molecule has 2 heterocycles. The van der Waals surface area contributed by atoms with E-state index in [9.17, 15) is 13.2 Å². The lowest BCUT2D eigenvalue weighted by Gasteiger charge is -2.31. The fraction of sp³-hybridized carbons (Fsp3) is 0.536. The van der Waals surface area contributed by atoms with Gasteiger partial charge in [0.2, 0.25) is 15.9 Å². The molecule has 7 heteroatoms. The van der Waals surface area contributed by atoms with Gasteiger partial charge < -0.3 is 5.32 Å². The highest BCUT2D eigenvalue weighted by molar-refractivity contribution is 7.89. The number of piperidine rings is 2.